The van der Waals surface area contributed by atoms with Crippen LogP contribution in [0, 0.1) is 5.92 Å². The quantitative estimate of drug-likeness (QED) is 0.749. The fourth-order valence-electron chi connectivity index (χ4n) is 2.57. The van der Waals surface area contributed by atoms with Gasteiger partial charge in [0.2, 0.25) is 0 Å². The van der Waals surface area contributed by atoms with E-state index in [1.54, 1.807) is 7.11 Å². The summed E-state index contributed by atoms with van der Waals surface area (Å²) >= 11 is 0. The topological polar surface area (TPSA) is 24.5 Å². The highest BCUT2D eigenvalue weighted by molar-refractivity contribution is 4.84. The van der Waals surface area contributed by atoms with E-state index < -0.39 is 0 Å². The number of hydrogen-bond donors (Lipinski definition) is 1. The lowest BCUT2D eigenvalue weighted by Gasteiger charge is -2.41. The molecule has 0 spiro atoms. The molecule has 0 aromatic rings. The first-order chi connectivity index (χ1) is 7.65. The summed E-state index contributed by atoms with van der Waals surface area (Å²) in [5, 5.41) is 3.51. The molecule has 1 aliphatic rings. The summed E-state index contributed by atoms with van der Waals surface area (Å²) < 4.78 is 5.18. The number of ether oxygens (including phenoxy) is 1. The van der Waals surface area contributed by atoms with Crippen LogP contribution in [0.5, 0.6) is 0 Å². The molecule has 2 atom stereocenters. The molecule has 1 rings (SSSR count). The van der Waals surface area contributed by atoms with Crippen molar-refractivity contribution < 1.29 is 4.74 Å². The molecule has 16 heavy (non-hydrogen) atoms. The molecule has 0 bridgehead atoms. The van der Waals surface area contributed by atoms with Crippen molar-refractivity contribution in [1.29, 1.82) is 0 Å². The SMILES string of the molecule is COCCC(C)N1CCNCC1CC(C)C. The maximum Gasteiger partial charge on any atom is 0.0477 e. The summed E-state index contributed by atoms with van der Waals surface area (Å²) in [5.41, 5.74) is 0. The molecule has 1 saturated heterocycles. The molecule has 0 amide bonds. The number of nitrogens with one attached hydrogen (secondary N) is 1. The van der Waals surface area contributed by atoms with Gasteiger partial charge in [-0.15, -0.1) is 0 Å². The molecule has 0 aromatic heterocycles. The fourth-order valence-corrected chi connectivity index (χ4v) is 2.57. The Hall–Kier alpha value is -0.120. The van der Waals surface area contributed by atoms with Crippen molar-refractivity contribution in [2.24, 2.45) is 5.92 Å². The Kier molecular flexibility index (Phi) is 6.32. The van der Waals surface area contributed by atoms with E-state index in [4.69, 9.17) is 4.74 Å². The van der Waals surface area contributed by atoms with Crippen LogP contribution in [0.15, 0.2) is 0 Å². The van der Waals surface area contributed by atoms with Gasteiger partial charge < -0.3 is 10.1 Å². The molecule has 2 unspecified atom stereocenters. The number of rotatable bonds is 6. The van der Waals surface area contributed by atoms with Crippen LogP contribution >= 0.6 is 0 Å². The van der Waals surface area contributed by atoms with Gasteiger partial charge in [0, 0.05) is 45.4 Å². The zero-order valence-corrected chi connectivity index (χ0v) is 11.3. The van der Waals surface area contributed by atoms with Crippen LogP contribution in [0.25, 0.3) is 0 Å². The van der Waals surface area contributed by atoms with E-state index in [0.29, 0.717) is 12.1 Å². The number of nitrogens with zero attached hydrogens (tertiary/aromatic N) is 1. The van der Waals surface area contributed by atoms with Crippen molar-refractivity contribution in [1.82, 2.24) is 10.2 Å². The van der Waals surface area contributed by atoms with Crippen LogP contribution in [0.4, 0.5) is 0 Å². The van der Waals surface area contributed by atoms with Crippen LogP contribution in [-0.4, -0.2) is 50.3 Å². The Bertz CT molecular complexity index is 185. The molecule has 0 saturated carbocycles. The average molecular weight is 228 g/mol. The molecular weight excluding hydrogens is 200 g/mol. The molecule has 0 aromatic carbocycles. The minimum Gasteiger partial charge on any atom is -0.385 e. The first-order valence-electron chi connectivity index (χ1n) is 6.60. The Morgan fingerprint density at radius 3 is 2.75 bits per heavy atom. The second-order valence-corrected chi connectivity index (χ2v) is 5.36. The van der Waals surface area contributed by atoms with E-state index in [2.05, 4.69) is 31.0 Å². The van der Waals surface area contributed by atoms with Crippen molar-refractivity contribution in [2.45, 2.75) is 45.7 Å². The fraction of sp³-hybridized carbons (Fsp3) is 1.00. The van der Waals surface area contributed by atoms with E-state index in [1.807, 2.05) is 0 Å². The zero-order chi connectivity index (χ0) is 12.0. The van der Waals surface area contributed by atoms with Gasteiger partial charge in [-0.3, -0.25) is 4.90 Å². The Morgan fingerprint density at radius 2 is 2.12 bits per heavy atom. The molecule has 0 aliphatic carbocycles. The van der Waals surface area contributed by atoms with Crippen LogP contribution in [0.3, 0.4) is 0 Å². The average Bonchev–Trinajstić information content (AvgIpc) is 2.26. The summed E-state index contributed by atoms with van der Waals surface area (Å²) in [6.45, 7) is 11.3. The highest BCUT2D eigenvalue weighted by Gasteiger charge is 2.26. The largest absolute Gasteiger partial charge is 0.385 e. The van der Waals surface area contributed by atoms with Crippen molar-refractivity contribution in [3.8, 4) is 0 Å². The molecule has 3 heteroatoms. The van der Waals surface area contributed by atoms with Gasteiger partial charge in [-0.2, -0.15) is 0 Å². The number of hydrogen-bond acceptors (Lipinski definition) is 3. The van der Waals surface area contributed by atoms with Crippen LogP contribution < -0.4 is 5.32 Å². The highest BCUT2D eigenvalue weighted by atomic mass is 16.5. The lowest BCUT2D eigenvalue weighted by molar-refractivity contribution is 0.0763. The van der Waals surface area contributed by atoms with Gasteiger partial charge in [0.1, 0.15) is 0 Å². The third kappa shape index (κ3) is 4.40. The lowest BCUT2D eigenvalue weighted by Crippen LogP contribution is -2.55. The minimum atomic E-state index is 0.644. The monoisotopic (exact) mass is 228 g/mol. The van der Waals surface area contributed by atoms with Crippen molar-refractivity contribution in [3.05, 3.63) is 0 Å². The Morgan fingerprint density at radius 1 is 1.38 bits per heavy atom. The molecule has 1 fully saturated rings. The molecular formula is C13H28N2O. The van der Waals surface area contributed by atoms with Gasteiger partial charge in [-0.1, -0.05) is 13.8 Å². The predicted octanol–water partition coefficient (Wildman–Crippen LogP) is 1.73. The Balaban J connectivity index is 2.45. The van der Waals surface area contributed by atoms with E-state index >= 15 is 0 Å². The molecule has 1 heterocycles. The van der Waals surface area contributed by atoms with Gasteiger partial charge in [0.05, 0.1) is 0 Å². The summed E-state index contributed by atoms with van der Waals surface area (Å²) in [6.07, 6.45) is 2.44. The second kappa shape index (κ2) is 7.25. The standard InChI is InChI=1S/C13H28N2O/c1-11(2)9-13-10-14-6-7-15(13)12(3)5-8-16-4/h11-14H,5-10H2,1-4H3. The summed E-state index contributed by atoms with van der Waals surface area (Å²) in [4.78, 5) is 2.66. The zero-order valence-electron chi connectivity index (χ0n) is 11.3. The van der Waals surface area contributed by atoms with Gasteiger partial charge >= 0.3 is 0 Å². The van der Waals surface area contributed by atoms with Crippen LogP contribution in [-0.2, 0) is 4.74 Å². The lowest BCUT2D eigenvalue weighted by atomic mass is 9.98. The minimum absolute atomic E-state index is 0.644. The Labute approximate surface area is 101 Å². The molecule has 3 nitrogen and oxygen atoms in total. The summed E-state index contributed by atoms with van der Waals surface area (Å²) in [5.74, 6) is 0.780. The normalized spacial score (nSPS) is 24.9. The van der Waals surface area contributed by atoms with E-state index in [0.717, 1.165) is 32.0 Å². The van der Waals surface area contributed by atoms with Gasteiger partial charge in [0.25, 0.3) is 0 Å². The van der Waals surface area contributed by atoms with Gasteiger partial charge in [0.15, 0.2) is 0 Å². The predicted molar refractivity (Wildman–Crippen MR) is 68.8 cm³/mol. The molecule has 1 N–H and O–H groups in total. The maximum absolute atomic E-state index is 5.18. The maximum atomic E-state index is 5.18. The molecule has 1 aliphatic heterocycles. The van der Waals surface area contributed by atoms with Crippen molar-refractivity contribution >= 4 is 0 Å². The second-order valence-electron chi connectivity index (χ2n) is 5.36. The third-order valence-corrected chi connectivity index (χ3v) is 3.45. The van der Waals surface area contributed by atoms with Crippen molar-refractivity contribution in [3.63, 3.8) is 0 Å². The third-order valence-electron chi connectivity index (χ3n) is 3.45. The smallest absolute Gasteiger partial charge is 0.0477 e. The summed E-state index contributed by atoms with van der Waals surface area (Å²) in [7, 11) is 1.79. The van der Waals surface area contributed by atoms with E-state index in [9.17, 15) is 0 Å². The highest BCUT2D eigenvalue weighted by Crippen LogP contribution is 2.17. The van der Waals surface area contributed by atoms with Gasteiger partial charge in [-0.05, 0) is 25.7 Å². The van der Waals surface area contributed by atoms with Crippen molar-refractivity contribution in [2.75, 3.05) is 33.4 Å². The van der Waals surface area contributed by atoms with Gasteiger partial charge in [-0.25, -0.2) is 0 Å². The molecule has 0 radical (unpaired) electrons. The summed E-state index contributed by atoms with van der Waals surface area (Å²) in [6, 6.07) is 1.35. The first-order valence-corrected chi connectivity index (χ1v) is 6.60. The van der Waals surface area contributed by atoms with E-state index in [-0.39, 0.29) is 0 Å². The van der Waals surface area contributed by atoms with E-state index in [1.165, 1.54) is 13.0 Å². The first kappa shape index (κ1) is 13.9. The molecule has 96 valence electrons. The van der Waals surface area contributed by atoms with Crippen LogP contribution in [0.2, 0.25) is 0 Å². The van der Waals surface area contributed by atoms with Crippen LogP contribution in [0.1, 0.15) is 33.6 Å². The number of methoxy groups -OCH3 is 1. The number of piperazine rings is 1.